The molecule has 1 aliphatic carbocycles. The molecule has 1 fully saturated rings. The van der Waals surface area contributed by atoms with E-state index < -0.39 is 0 Å². The van der Waals surface area contributed by atoms with E-state index in [1.807, 2.05) is 6.07 Å². The van der Waals surface area contributed by atoms with E-state index in [2.05, 4.69) is 43.1 Å². The largest absolute Gasteiger partial charge is 0.369 e. The van der Waals surface area contributed by atoms with Gasteiger partial charge in [0.15, 0.2) is 0 Å². The summed E-state index contributed by atoms with van der Waals surface area (Å²) in [5, 5.41) is 4.27. The van der Waals surface area contributed by atoms with E-state index in [1.54, 1.807) is 0 Å². The fourth-order valence-electron chi connectivity index (χ4n) is 2.41. The van der Waals surface area contributed by atoms with E-state index in [0.717, 1.165) is 30.6 Å². The van der Waals surface area contributed by atoms with Crippen LogP contribution in [0.5, 0.6) is 0 Å². The second-order valence-corrected chi connectivity index (χ2v) is 6.11. The molecule has 1 aromatic rings. The van der Waals surface area contributed by atoms with Gasteiger partial charge < -0.3 is 10.2 Å². The highest BCUT2D eigenvalue weighted by Crippen LogP contribution is 2.35. The van der Waals surface area contributed by atoms with Gasteiger partial charge in [0.2, 0.25) is 0 Å². The third kappa shape index (κ3) is 3.87. The van der Waals surface area contributed by atoms with Crippen LogP contribution < -0.4 is 10.2 Å². The van der Waals surface area contributed by atoms with Crippen molar-refractivity contribution in [3.63, 3.8) is 0 Å². The van der Waals surface area contributed by atoms with Crippen molar-refractivity contribution in [2.24, 2.45) is 5.92 Å². The molecule has 1 saturated carbocycles. The van der Waals surface area contributed by atoms with Crippen molar-refractivity contribution in [1.82, 2.24) is 5.32 Å². The summed E-state index contributed by atoms with van der Waals surface area (Å²) in [6.45, 7) is 9.63. The van der Waals surface area contributed by atoms with Crippen LogP contribution >= 0.6 is 11.6 Å². The lowest BCUT2D eigenvalue weighted by molar-refractivity contribution is 0.636. The molecule has 0 saturated heterocycles. The first-order chi connectivity index (χ1) is 9.13. The molecular weight excluding hydrogens is 256 g/mol. The third-order valence-electron chi connectivity index (χ3n) is 3.73. The van der Waals surface area contributed by atoms with Gasteiger partial charge in [-0.15, -0.1) is 0 Å². The minimum absolute atomic E-state index is 0.513. The molecule has 2 nitrogen and oxygen atoms in total. The number of anilines is 1. The maximum atomic E-state index is 6.40. The number of hydrogen-bond acceptors (Lipinski definition) is 2. The molecule has 0 aromatic heterocycles. The zero-order chi connectivity index (χ0) is 13.8. The van der Waals surface area contributed by atoms with Crippen molar-refractivity contribution in [2.45, 2.75) is 46.2 Å². The number of hydrogen-bond donors (Lipinski definition) is 1. The minimum atomic E-state index is 0.513. The molecule has 1 aliphatic rings. The Morgan fingerprint density at radius 2 is 2.11 bits per heavy atom. The van der Waals surface area contributed by atoms with Gasteiger partial charge in [-0.05, 0) is 51.3 Å². The topological polar surface area (TPSA) is 15.3 Å². The summed E-state index contributed by atoms with van der Waals surface area (Å²) >= 11 is 6.40. The molecule has 1 aromatic carbocycles. The SMILES string of the molecule is CCNCc1c(Cl)cccc1N(CC1CC1)C(C)C. The number of rotatable bonds is 7. The molecule has 1 N–H and O–H groups in total. The molecule has 0 heterocycles. The summed E-state index contributed by atoms with van der Waals surface area (Å²) in [4.78, 5) is 2.51. The summed E-state index contributed by atoms with van der Waals surface area (Å²) in [7, 11) is 0. The molecular formula is C16H25ClN2. The van der Waals surface area contributed by atoms with Gasteiger partial charge in [0.25, 0.3) is 0 Å². The summed E-state index contributed by atoms with van der Waals surface area (Å²) in [5.74, 6) is 0.883. The number of nitrogens with zero attached hydrogens (tertiary/aromatic N) is 1. The van der Waals surface area contributed by atoms with Crippen molar-refractivity contribution in [1.29, 1.82) is 0 Å². The van der Waals surface area contributed by atoms with Crippen LogP contribution in [0, 0.1) is 5.92 Å². The number of nitrogens with one attached hydrogen (secondary N) is 1. The Bertz CT molecular complexity index is 413. The van der Waals surface area contributed by atoms with Crippen LogP contribution in [0.4, 0.5) is 5.69 Å². The van der Waals surface area contributed by atoms with Crippen LogP contribution in [-0.2, 0) is 6.54 Å². The van der Waals surface area contributed by atoms with Crippen LogP contribution in [0.2, 0.25) is 5.02 Å². The summed E-state index contributed by atoms with van der Waals surface area (Å²) in [5.41, 5.74) is 2.54. The van der Waals surface area contributed by atoms with Crippen LogP contribution in [-0.4, -0.2) is 19.1 Å². The summed E-state index contributed by atoms with van der Waals surface area (Å²) in [6, 6.07) is 6.78. The van der Waals surface area contributed by atoms with E-state index >= 15 is 0 Å². The summed E-state index contributed by atoms with van der Waals surface area (Å²) < 4.78 is 0. The maximum Gasteiger partial charge on any atom is 0.0471 e. The Labute approximate surface area is 122 Å². The van der Waals surface area contributed by atoms with Crippen molar-refractivity contribution >= 4 is 17.3 Å². The molecule has 0 amide bonds. The van der Waals surface area contributed by atoms with Gasteiger partial charge in [0, 0.05) is 35.4 Å². The quantitative estimate of drug-likeness (QED) is 0.810. The fraction of sp³-hybridized carbons (Fsp3) is 0.625. The molecule has 3 heteroatoms. The zero-order valence-corrected chi connectivity index (χ0v) is 13.0. The first-order valence-corrected chi connectivity index (χ1v) is 7.76. The molecule has 0 aliphatic heterocycles. The standard InChI is InChI=1S/C16H25ClN2/c1-4-18-10-14-15(17)6-5-7-16(14)19(12(2)3)11-13-8-9-13/h5-7,12-13,18H,4,8-11H2,1-3H3. The first-order valence-electron chi connectivity index (χ1n) is 7.38. The second-order valence-electron chi connectivity index (χ2n) is 5.71. The Kier molecular flexibility index (Phi) is 5.12. The lowest BCUT2D eigenvalue weighted by atomic mass is 10.1. The molecule has 0 unspecified atom stereocenters. The smallest absolute Gasteiger partial charge is 0.0471 e. The third-order valence-corrected chi connectivity index (χ3v) is 4.08. The highest BCUT2D eigenvalue weighted by Gasteiger charge is 2.27. The fourth-order valence-corrected chi connectivity index (χ4v) is 2.64. The van der Waals surface area contributed by atoms with Gasteiger partial charge in [0.05, 0.1) is 0 Å². The Balaban J connectivity index is 2.25. The first kappa shape index (κ1) is 14.7. The van der Waals surface area contributed by atoms with E-state index in [1.165, 1.54) is 24.1 Å². The van der Waals surface area contributed by atoms with Gasteiger partial charge in [-0.3, -0.25) is 0 Å². The van der Waals surface area contributed by atoms with Gasteiger partial charge >= 0.3 is 0 Å². The van der Waals surface area contributed by atoms with E-state index in [0.29, 0.717) is 6.04 Å². The zero-order valence-electron chi connectivity index (χ0n) is 12.2. The van der Waals surface area contributed by atoms with Crippen LogP contribution in [0.1, 0.15) is 39.2 Å². The van der Waals surface area contributed by atoms with Crippen molar-refractivity contribution in [2.75, 3.05) is 18.0 Å². The van der Waals surface area contributed by atoms with Crippen LogP contribution in [0.25, 0.3) is 0 Å². The predicted molar refractivity (Wildman–Crippen MR) is 84.0 cm³/mol. The van der Waals surface area contributed by atoms with Gasteiger partial charge in [-0.2, -0.15) is 0 Å². The molecule has 0 bridgehead atoms. The summed E-state index contributed by atoms with van der Waals surface area (Å²) in [6.07, 6.45) is 2.76. The van der Waals surface area contributed by atoms with Crippen molar-refractivity contribution in [3.05, 3.63) is 28.8 Å². The van der Waals surface area contributed by atoms with Crippen LogP contribution in [0.3, 0.4) is 0 Å². The van der Waals surface area contributed by atoms with Gasteiger partial charge in [-0.1, -0.05) is 24.6 Å². The minimum Gasteiger partial charge on any atom is -0.369 e. The van der Waals surface area contributed by atoms with E-state index in [-0.39, 0.29) is 0 Å². The molecule has 0 radical (unpaired) electrons. The van der Waals surface area contributed by atoms with Gasteiger partial charge in [0.1, 0.15) is 0 Å². The molecule has 0 spiro atoms. The molecule has 0 atom stereocenters. The number of halogens is 1. The predicted octanol–water partition coefficient (Wildman–Crippen LogP) is 4.07. The Hall–Kier alpha value is -0.730. The second kappa shape index (κ2) is 6.62. The van der Waals surface area contributed by atoms with Crippen molar-refractivity contribution < 1.29 is 0 Å². The molecule has 19 heavy (non-hydrogen) atoms. The lowest BCUT2D eigenvalue weighted by Crippen LogP contribution is -2.34. The maximum absolute atomic E-state index is 6.40. The lowest BCUT2D eigenvalue weighted by Gasteiger charge is -2.31. The highest BCUT2D eigenvalue weighted by atomic mass is 35.5. The van der Waals surface area contributed by atoms with E-state index in [4.69, 9.17) is 11.6 Å². The van der Waals surface area contributed by atoms with Crippen molar-refractivity contribution in [3.8, 4) is 0 Å². The molecule has 106 valence electrons. The van der Waals surface area contributed by atoms with Gasteiger partial charge in [-0.25, -0.2) is 0 Å². The Morgan fingerprint density at radius 1 is 1.37 bits per heavy atom. The van der Waals surface area contributed by atoms with Crippen LogP contribution in [0.15, 0.2) is 18.2 Å². The average Bonchev–Trinajstić information content (AvgIpc) is 3.18. The normalized spacial score (nSPS) is 15.0. The highest BCUT2D eigenvalue weighted by molar-refractivity contribution is 6.31. The monoisotopic (exact) mass is 280 g/mol. The average molecular weight is 281 g/mol. The Morgan fingerprint density at radius 3 is 2.68 bits per heavy atom. The number of benzene rings is 1. The van der Waals surface area contributed by atoms with E-state index in [9.17, 15) is 0 Å². The molecule has 2 rings (SSSR count).